The Morgan fingerprint density at radius 1 is 1.18 bits per heavy atom. The normalized spacial score (nSPS) is 57.6. The van der Waals surface area contributed by atoms with Crippen molar-refractivity contribution < 1.29 is 14.6 Å². The molecule has 124 valence electrons. The molecule has 4 aliphatic carbocycles. The van der Waals surface area contributed by atoms with E-state index in [0.717, 1.165) is 19.3 Å². The number of allylic oxidation sites excluding steroid dienone is 2. The molecule has 2 N–H and O–H groups in total. The quantitative estimate of drug-likeness (QED) is 0.671. The summed E-state index contributed by atoms with van der Waals surface area (Å²) >= 11 is 0. The van der Waals surface area contributed by atoms with Gasteiger partial charge in [-0.2, -0.15) is 0 Å². The summed E-state index contributed by atoms with van der Waals surface area (Å²) in [6.45, 7) is 4.31. The summed E-state index contributed by atoms with van der Waals surface area (Å²) in [7, 11) is 0. The molecular formula is C19H29FO2. The van der Waals surface area contributed by atoms with Crippen LogP contribution in [0.4, 0.5) is 4.39 Å². The number of rotatable bonds is 0. The van der Waals surface area contributed by atoms with Gasteiger partial charge in [-0.25, -0.2) is 4.39 Å². The predicted octanol–water partition coefficient (Wildman–Crippen LogP) is 3.62. The molecule has 0 aromatic rings. The van der Waals surface area contributed by atoms with Crippen molar-refractivity contribution in [3.05, 3.63) is 11.6 Å². The molecule has 0 aromatic heterocycles. The summed E-state index contributed by atoms with van der Waals surface area (Å²) in [5.74, 6) is 1.05. The minimum atomic E-state index is -1.17. The lowest BCUT2D eigenvalue weighted by atomic mass is 9.47. The molecule has 4 aliphatic rings. The van der Waals surface area contributed by atoms with Crippen LogP contribution in [0, 0.1) is 28.6 Å². The van der Waals surface area contributed by atoms with Gasteiger partial charge in [-0.15, -0.1) is 0 Å². The average Bonchev–Trinajstić information content (AvgIpc) is 2.73. The van der Waals surface area contributed by atoms with Gasteiger partial charge >= 0.3 is 0 Å². The molecule has 0 aromatic carbocycles. The largest absolute Gasteiger partial charge is 0.392 e. The van der Waals surface area contributed by atoms with Crippen LogP contribution in [0.3, 0.4) is 0 Å². The van der Waals surface area contributed by atoms with E-state index in [1.165, 1.54) is 19.3 Å². The van der Waals surface area contributed by atoms with Crippen molar-refractivity contribution >= 4 is 0 Å². The molecule has 3 saturated carbocycles. The summed E-state index contributed by atoms with van der Waals surface area (Å²) in [4.78, 5) is 0. The van der Waals surface area contributed by atoms with Crippen molar-refractivity contribution in [2.45, 2.75) is 77.2 Å². The van der Waals surface area contributed by atoms with E-state index in [4.69, 9.17) is 0 Å². The third-order valence-corrected chi connectivity index (χ3v) is 8.08. The SMILES string of the molecule is C[C@]12[C@H](O)C[C@H]3[C@@H](CCC4=CCCC[C@@]43C)[C@@H]1C[C@@H](F)[C@@H]2O. The lowest BCUT2D eigenvalue weighted by Gasteiger charge is -2.59. The van der Waals surface area contributed by atoms with Crippen LogP contribution in [0.2, 0.25) is 0 Å². The van der Waals surface area contributed by atoms with Gasteiger partial charge in [0.1, 0.15) is 6.17 Å². The number of aliphatic hydroxyl groups is 2. The van der Waals surface area contributed by atoms with Gasteiger partial charge in [0.2, 0.25) is 0 Å². The number of halogens is 1. The topological polar surface area (TPSA) is 40.5 Å². The summed E-state index contributed by atoms with van der Waals surface area (Å²) in [5, 5.41) is 21.2. The highest BCUT2D eigenvalue weighted by atomic mass is 19.1. The fourth-order valence-electron chi connectivity index (χ4n) is 6.67. The third-order valence-electron chi connectivity index (χ3n) is 8.08. The molecule has 3 heteroatoms. The number of aliphatic hydroxyl groups excluding tert-OH is 2. The molecule has 0 saturated heterocycles. The Bertz CT molecular complexity index is 504. The van der Waals surface area contributed by atoms with Gasteiger partial charge in [-0.05, 0) is 68.1 Å². The standard InChI is InChI=1S/C19H29FO2/c1-18-8-4-3-5-11(18)6-7-12-13(18)10-16(21)19(2)14(12)9-15(20)17(19)22/h5,12-17,21-22H,3-4,6-10H2,1-2H3/t12-,13+,14+,15-,16-,17+,18+,19-/m1/s1. The van der Waals surface area contributed by atoms with Crippen LogP contribution in [0.5, 0.6) is 0 Å². The van der Waals surface area contributed by atoms with Gasteiger partial charge < -0.3 is 10.2 Å². The second-order valence-electron chi connectivity index (χ2n) is 8.77. The molecule has 0 bridgehead atoms. The Balaban J connectivity index is 1.73. The van der Waals surface area contributed by atoms with E-state index in [2.05, 4.69) is 13.0 Å². The molecule has 0 unspecified atom stereocenters. The molecule has 0 heterocycles. The highest BCUT2D eigenvalue weighted by molar-refractivity contribution is 5.25. The molecular weight excluding hydrogens is 279 g/mol. The maximum Gasteiger partial charge on any atom is 0.127 e. The van der Waals surface area contributed by atoms with E-state index in [1.54, 1.807) is 5.57 Å². The number of hydrogen-bond acceptors (Lipinski definition) is 2. The fraction of sp³-hybridized carbons (Fsp3) is 0.895. The minimum Gasteiger partial charge on any atom is -0.392 e. The summed E-state index contributed by atoms with van der Waals surface area (Å²) < 4.78 is 14.3. The predicted molar refractivity (Wildman–Crippen MR) is 84.0 cm³/mol. The van der Waals surface area contributed by atoms with Gasteiger partial charge in [-0.3, -0.25) is 0 Å². The van der Waals surface area contributed by atoms with E-state index in [1.807, 2.05) is 6.92 Å². The number of alkyl halides is 1. The average molecular weight is 308 g/mol. The zero-order valence-corrected chi connectivity index (χ0v) is 13.8. The third kappa shape index (κ3) is 1.73. The first-order chi connectivity index (χ1) is 10.4. The first-order valence-corrected chi connectivity index (χ1v) is 9.08. The monoisotopic (exact) mass is 308 g/mol. The molecule has 0 radical (unpaired) electrons. The Labute approximate surface area is 132 Å². The van der Waals surface area contributed by atoms with Crippen molar-refractivity contribution in [1.29, 1.82) is 0 Å². The van der Waals surface area contributed by atoms with Crippen LogP contribution in [-0.2, 0) is 0 Å². The van der Waals surface area contributed by atoms with Crippen LogP contribution in [0.25, 0.3) is 0 Å². The lowest BCUT2D eigenvalue weighted by Crippen LogP contribution is -2.57. The zero-order chi connectivity index (χ0) is 15.7. The molecule has 8 atom stereocenters. The summed E-state index contributed by atoms with van der Waals surface area (Å²) in [5.41, 5.74) is 1.14. The second kappa shape index (κ2) is 4.80. The van der Waals surface area contributed by atoms with Crippen molar-refractivity contribution in [3.8, 4) is 0 Å². The second-order valence-corrected chi connectivity index (χ2v) is 8.77. The Kier molecular flexibility index (Phi) is 3.30. The van der Waals surface area contributed by atoms with Crippen LogP contribution in [0.15, 0.2) is 11.6 Å². The van der Waals surface area contributed by atoms with Gasteiger partial charge in [0.05, 0.1) is 12.2 Å². The van der Waals surface area contributed by atoms with Crippen LogP contribution < -0.4 is 0 Å². The maximum absolute atomic E-state index is 14.3. The Morgan fingerprint density at radius 2 is 1.95 bits per heavy atom. The van der Waals surface area contributed by atoms with Crippen LogP contribution in [-0.4, -0.2) is 28.6 Å². The zero-order valence-electron chi connectivity index (χ0n) is 13.8. The fourth-order valence-corrected chi connectivity index (χ4v) is 6.67. The highest BCUT2D eigenvalue weighted by Crippen LogP contribution is 2.65. The lowest BCUT2D eigenvalue weighted by molar-refractivity contribution is -0.152. The van der Waals surface area contributed by atoms with Crippen molar-refractivity contribution in [2.75, 3.05) is 0 Å². The van der Waals surface area contributed by atoms with E-state index in [9.17, 15) is 14.6 Å². The first kappa shape index (κ1) is 15.1. The van der Waals surface area contributed by atoms with Crippen LogP contribution in [0.1, 0.15) is 58.8 Å². The highest BCUT2D eigenvalue weighted by Gasteiger charge is 2.64. The maximum atomic E-state index is 14.3. The molecule has 3 fully saturated rings. The van der Waals surface area contributed by atoms with Gasteiger partial charge in [0, 0.05) is 5.41 Å². The van der Waals surface area contributed by atoms with Crippen molar-refractivity contribution in [1.82, 2.24) is 0 Å². The number of fused-ring (bicyclic) bond motifs is 5. The van der Waals surface area contributed by atoms with E-state index in [0.29, 0.717) is 18.3 Å². The first-order valence-electron chi connectivity index (χ1n) is 9.08. The van der Waals surface area contributed by atoms with Crippen LogP contribution >= 0.6 is 0 Å². The molecule has 22 heavy (non-hydrogen) atoms. The van der Waals surface area contributed by atoms with Crippen molar-refractivity contribution in [2.24, 2.45) is 28.6 Å². The van der Waals surface area contributed by atoms with Gasteiger partial charge in [-0.1, -0.05) is 25.5 Å². The molecule has 2 nitrogen and oxygen atoms in total. The summed E-state index contributed by atoms with van der Waals surface area (Å²) in [6.07, 6.45) is 6.73. The van der Waals surface area contributed by atoms with Gasteiger partial charge in [0.15, 0.2) is 0 Å². The number of hydrogen-bond donors (Lipinski definition) is 2. The van der Waals surface area contributed by atoms with E-state index in [-0.39, 0.29) is 11.3 Å². The Morgan fingerprint density at radius 3 is 2.73 bits per heavy atom. The van der Waals surface area contributed by atoms with E-state index >= 15 is 0 Å². The molecule has 4 rings (SSSR count). The van der Waals surface area contributed by atoms with Crippen molar-refractivity contribution in [3.63, 3.8) is 0 Å². The van der Waals surface area contributed by atoms with E-state index < -0.39 is 23.8 Å². The minimum absolute atomic E-state index is 0.131. The molecule has 0 spiro atoms. The molecule has 0 amide bonds. The Hall–Kier alpha value is -0.410. The smallest absolute Gasteiger partial charge is 0.127 e. The summed E-state index contributed by atoms with van der Waals surface area (Å²) in [6, 6.07) is 0. The van der Waals surface area contributed by atoms with Gasteiger partial charge in [0.25, 0.3) is 0 Å². The molecule has 0 aliphatic heterocycles.